The van der Waals surface area contributed by atoms with Gasteiger partial charge in [-0.1, -0.05) is 0 Å². The zero-order chi connectivity index (χ0) is 19.5. The Hall–Kier alpha value is -2.87. The van der Waals surface area contributed by atoms with Crippen LogP contribution in [0, 0.1) is 6.92 Å². The van der Waals surface area contributed by atoms with Gasteiger partial charge < -0.3 is 9.80 Å². The highest BCUT2D eigenvalue weighted by molar-refractivity contribution is 7.98. The molecule has 1 fully saturated rings. The Labute approximate surface area is 168 Å². The van der Waals surface area contributed by atoms with Crippen molar-refractivity contribution in [1.29, 1.82) is 0 Å². The van der Waals surface area contributed by atoms with Crippen LogP contribution in [0.4, 0.5) is 5.82 Å². The number of aromatic nitrogens is 4. The van der Waals surface area contributed by atoms with Crippen LogP contribution in [0.15, 0.2) is 53.9 Å². The number of carbonyl (C=O) groups excluding carboxylic acids is 1. The van der Waals surface area contributed by atoms with Gasteiger partial charge in [-0.15, -0.1) is 11.8 Å². The lowest BCUT2D eigenvalue weighted by molar-refractivity contribution is 0.0746. The predicted octanol–water partition coefficient (Wildman–Crippen LogP) is 2.66. The monoisotopic (exact) mass is 394 g/mol. The number of imidazole rings is 1. The fourth-order valence-electron chi connectivity index (χ4n) is 3.28. The standard InChI is InChI=1S/C20H22N6OS/c1-15-22-18(13-19(23-15)26-8-7-21-14-26)24-9-11-25(12-10-24)20(27)16-3-5-17(28-2)6-4-16/h3-8,13-14H,9-12H2,1-2H3. The van der Waals surface area contributed by atoms with Crippen molar-refractivity contribution in [3.8, 4) is 5.82 Å². The number of carbonyl (C=O) groups is 1. The highest BCUT2D eigenvalue weighted by Crippen LogP contribution is 2.19. The number of aryl methyl sites for hydroxylation is 1. The molecule has 0 unspecified atom stereocenters. The van der Waals surface area contributed by atoms with Gasteiger partial charge in [0.05, 0.1) is 0 Å². The molecule has 3 heterocycles. The minimum atomic E-state index is 0.0882. The molecule has 8 heteroatoms. The van der Waals surface area contributed by atoms with Crippen LogP contribution < -0.4 is 4.90 Å². The highest BCUT2D eigenvalue weighted by atomic mass is 32.2. The summed E-state index contributed by atoms with van der Waals surface area (Å²) in [6.07, 6.45) is 7.35. The van der Waals surface area contributed by atoms with E-state index in [2.05, 4.69) is 19.9 Å². The summed E-state index contributed by atoms with van der Waals surface area (Å²) >= 11 is 1.67. The van der Waals surface area contributed by atoms with E-state index in [4.69, 9.17) is 0 Å². The Morgan fingerprint density at radius 2 is 1.75 bits per heavy atom. The van der Waals surface area contributed by atoms with Crippen molar-refractivity contribution >= 4 is 23.5 Å². The maximum atomic E-state index is 12.8. The fourth-order valence-corrected chi connectivity index (χ4v) is 3.69. The van der Waals surface area contributed by atoms with Crippen molar-refractivity contribution in [2.75, 3.05) is 37.3 Å². The molecule has 7 nitrogen and oxygen atoms in total. The van der Waals surface area contributed by atoms with E-state index in [0.29, 0.717) is 18.9 Å². The third-order valence-corrected chi connectivity index (χ3v) is 5.55. The molecule has 144 valence electrons. The first-order valence-electron chi connectivity index (χ1n) is 9.16. The van der Waals surface area contributed by atoms with E-state index in [1.54, 1.807) is 24.3 Å². The second-order valence-corrected chi connectivity index (χ2v) is 7.49. The van der Waals surface area contributed by atoms with Crippen molar-refractivity contribution < 1.29 is 4.79 Å². The van der Waals surface area contributed by atoms with Crippen molar-refractivity contribution in [3.63, 3.8) is 0 Å². The van der Waals surface area contributed by atoms with Crippen molar-refractivity contribution in [2.24, 2.45) is 0 Å². The van der Waals surface area contributed by atoms with E-state index in [9.17, 15) is 4.79 Å². The Kier molecular flexibility index (Phi) is 5.29. The summed E-state index contributed by atoms with van der Waals surface area (Å²) < 4.78 is 1.87. The van der Waals surface area contributed by atoms with Crippen LogP contribution >= 0.6 is 11.8 Å². The van der Waals surface area contributed by atoms with Gasteiger partial charge in [-0.2, -0.15) is 0 Å². The van der Waals surface area contributed by atoms with Crippen LogP contribution in [0.2, 0.25) is 0 Å². The maximum Gasteiger partial charge on any atom is 0.253 e. The molecule has 4 rings (SSSR count). The first kappa shape index (κ1) is 18.5. The van der Waals surface area contributed by atoms with Crippen LogP contribution in [0.25, 0.3) is 5.82 Å². The van der Waals surface area contributed by atoms with E-state index in [0.717, 1.165) is 35.2 Å². The second kappa shape index (κ2) is 8.02. The number of nitrogens with zero attached hydrogens (tertiary/aromatic N) is 6. The molecule has 1 saturated heterocycles. The maximum absolute atomic E-state index is 12.8. The highest BCUT2D eigenvalue weighted by Gasteiger charge is 2.23. The van der Waals surface area contributed by atoms with Gasteiger partial charge in [0, 0.05) is 55.1 Å². The fraction of sp³-hybridized carbons (Fsp3) is 0.300. The lowest BCUT2D eigenvalue weighted by atomic mass is 10.2. The SMILES string of the molecule is CSc1ccc(C(=O)N2CCN(c3cc(-n4ccnc4)nc(C)n3)CC2)cc1. The summed E-state index contributed by atoms with van der Waals surface area (Å²) in [5, 5.41) is 0. The smallest absolute Gasteiger partial charge is 0.253 e. The Balaban J connectivity index is 1.44. The normalized spacial score (nSPS) is 14.4. The summed E-state index contributed by atoms with van der Waals surface area (Å²) in [5.41, 5.74) is 0.742. The quantitative estimate of drug-likeness (QED) is 0.634. The van der Waals surface area contributed by atoms with E-state index < -0.39 is 0 Å². The number of amides is 1. The first-order chi connectivity index (χ1) is 13.6. The molecule has 28 heavy (non-hydrogen) atoms. The van der Waals surface area contributed by atoms with Gasteiger partial charge in [-0.25, -0.2) is 15.0 Å². The number of hydrogen-bond donors (Lipinski definition) is 0. The van der Waals surface area contributed by atoms with Crippen LogP contribution in [-0.4, -0.2) is 62.8 Å². The molecule has 3 aromatic rings. The van der Waals surface area contributed by atoms with Crippen molar-refractivity contribution in [3.05, 3.63) is 60.4 Å². The topological polar surface area (TPSA) is 67.2 Å². The van der Waals surface area contributed by atoms with Crippen LogP contribution in [-0.2, 0) is 0 Å². The van der Waals surface area contributed by atoms with E-state index in [-0.39, 0.29) is 5.91 Å². The molecule has 1 aromatic carbocycles. The molecule has 0 radical (unpaired) electrons. The van der Waals surface area contributed by atoms with Gasteiger partial charge in [0.1, 0.15) is 23.8 Å². The number of anilines is 1. The number of piperazine rings is 1. The van der Waals surface area contributed by atoms with Gasteiger partial charge in [-0.05, 0) is 37.4 Å². The number of benzene rings is 1. The zero-order valence-corrected chi connectivity index (χ0v) is 16.8. The van der Waals surface area contributed by atoms with Gasteiger partial charge in [0.25, 0.3) is 5.91 Å². The Morgan fingerprint density at radius 3 is 2.39 bits per heavy atom. The Morgan fingerprint density at radius 1 is 1.04 bits per heavy atom. The van der Waals surface area contributed by atoms with Crippen LogP contribution in [0.1, 0.15) is 16.2 Å². The molecular weight excluding hydrogens is 372 g/mol. The summed E-state index contributed by atoms with van der Waals surface area (Å²) in [6.45, 7) is 4.73. The minimum Gasteiger partial charge on any atom is -0.353 e. The average Bonchev–Trinajstić information content (AvgIpc) is 3.28. The van der Waals surface area contributed by atoms with E-state index in [1.165, 1.54) is 0 Å². The predicted molar refractivity (Wildman–Crippen MR) is 110 cm³/mol. The molecule has 0 spiro atoms. The van der Waals surface area contributed by atoms with E-state index >= 15 is 0 Å². The minimum absolute atomic E-state index is 0.0882. The number of hydrogen-bond acceptors (Lipinski definition) is 6. The molecule has 2 aromatic heterocycles. The largest absolute Gasteiger partial charge is 0.353 e. The summed E-state index contributed by atoms with van der Waals surface area (Å²) in [5.74, 6) is 2.49. The molecule has 1 aliphatic rings. The lowest BCUT2D eigenvalue weighted by Gasteiger charge is -2.35. The third-order valence-electron chi connectivity index (χ3n) is 4.81. The molecule has 0 aliphatic carbocycles. The molecule has 0 bridgehead atoms. The third kappa shape index (κ3) is 3.87. The zero-order valence-electron chi connectivity index (χ0n) is 15.9. The first-order valence-corrected chi connectivity index (χ1v) is 10.4. The van der Waals surface area contributed by atoms with Crippen molar-refractivity contribution in [1.82, 2.24) is 24.4 Å². The van der Waals surface area contributed by atoms with Gasteiger partial charge in [0.15, 0.2) is 0 Å². The molecule has 0 saturated carbocycles. The van der Waals surface area contributed by atoms with Gasteiger partial charge in [0.2, 0.25) is 0 Å². The van der Waals surface area contributed by atoms with Crippen LogP contribution in [0.3, 0.4) is 0 Å². The number of rotatable bonds is 4. The molecule has 1 amide bonds. The molecule has 0 N–H and O–H groups in total. The lowest BCUT2D eigenvalue weighted by Crippen LogP contribution is -2.49. The molecule has 0 atom stereocenters. The molecular formula is C20H22N6OS. The summed E-state index contributed by atoms with van der Waals surface area (Å²) in [4.78, 5) is 31.2. The summed E-state index contributed by atoms with van der Waals surface area (Å²) in [6, 6.07) is 9.77. The van der Waals surface area contributed by atoms with Crippen molar-refractivity contribution in [2.45, 2.75) is 11.8 Å². The number of thioether (sulfide) groups is 1. The van der Waals surface area contributed by atoms with Gasteiger partial charge >= 0.3 is 0 Å². The second-order valence-electron chi connectivity index (χ2n) is 6.61. The van der Waals surface area contributed by atoms with E-state index in [1.807, 2.05) is 59.2 Å². The van der Waals surface area contributed by atoms with Crippen LogP contribution in [0.5, 0.6) is 0 Å². The average molecular weight is 395 g/mol. The Bertz CT molecular complexity index is 949. The van der Waals surface area contributed by atoms with Gasteiger partial charge in [-0.3, -0.25) is 9.36 Å². The molecule has 1 aliphatic heterocycles. The summed E-state index contributed by atoms with van der Waals surface area (Å²) in [7, 11) is 0.